The molecule has 0 radical (unpaired) electrons. The summed E-state index contributed by atoms with van der Waals surface area (Å²) in [5.74, 6) is -3.67. The fraction of sp³-hybridized carbons (Fsp3) is 0.125. The van der Waals surface area contributed by atoms with E-state index in [0.717, 1.165) is 0 Å². The number of esters is 2. The van der Waals surface area contributed by atoms with Crippen LogP contribution in [0.15, 0.2) is 84.9 Å². The van der Waals surface area contributed by atoms with Gasteiger partial charge in [-0.15, -0.1) is 0 Å². The highest BCUT2D eigenvalue weighted by Crippen LogP contribution is 2.35. The summed E-state index contributed by atoms with van der Waals surface area (Å²) in [6, 6.07) is 24.3. The first-order valence-corrected chi connectivity index (χ1v) is 14.8. The number of benzene rings is 4. The minimum atomic E-state index is -1.20. The number of rotatable bonds is 12. The maximum Gasteiger partial charge on any atom is 0.341 e. The Morgan fingerprint density at radius 2 is 0.848 bits per heavy atom. The molecule has 0 aliphatic rings. The lowest BCUT2D eigenvalue weighted by atomic mass is 10.1. The number of hydrogen-bond donors (Lipinski definition) is 4. The molecule has 0 fully saturated rings. The zero-order chi connectivity index (χ0) is 33.6. The van der Waals surface area contributed by atoms with Crippen LogP contribution in [0.25, 0.3) is 0 Å². The van der Waals surface area contributed by atoms with E-state index in [4.69, 9.17) is 56.6 Å². The van der Waals surface area contributed by atoms with E-state index in [-0.39, 0.29) is 12.8 Å². The number of carboxylic acids is 2. The summed E-state index contributed by atoms with van der Waals surface area (Å²) >= 11 is 24.5. The zero-order valence-electron chi connectivity index (χ0n) is 23.8. The average molecular weight is 708 g/mol. The van der Waals surface area contributed by atoms with Crippen molar-refractivity contribution in [2.75, 3.05) is 23.8 Å². The molecule has 14 heteroatoms. The van der Waals surface area contributed by atoms with Gasteiger partial charge in [0.25, 0.3) is 0 Å². The summed E-state index contributed by atoms with van der Waals surface area (Å²) < 4.78 is 9.28. The fourth-order valence-corrected chi connectivity index (χ4v) is 4.78. The number of anilines is 4. The number of carbonyl (C=O) groups excluding carboxylic acids is 2. The molecule has 4 aromatic rings. The molecule has 4 N–H and O–H groups in total. The van der Waals surface area contributed by atoms with Crippen molar-refractivity contribution < 1.29 is 38.9 Å². The molecule has 4 rings (SSSR count). The molecule has 0 bridgehead atoms. The highest BCUT2D eigenvalue weighted by molar-refractivity contribution is 6.39. The Bertz CT molecular complexity index is 1550. The molecular formula is C32H26Cl4N2O8. The van der Waals surface area contributed by atoms with Gasteiger partial charge in [0.2, 0.25) is 0 Å². The number of hydrogen-bond acceptors (Lipinski definition) is 8. The molecule has 0 saturated carbocycles. The summed E-state index contributed by atoms with van der Waals surface area (Å²) in [7, 11) is 0. The number of ether oxygens (including phenoxy) is 2. The molecule has 4 aromatic carbocycles. The van der Waals surface area contributed by atoms with Crippen LogP contribution in [0.1, 0.15) is 11.1 Å². The van der Waals surface area contributed by atoms with Gasteiger partial charge < -0.3 is 30.3 Å². The number of carbonyl (C=O) groups is 4. The first-order valence-electron chi connectivity index (χ1n) is 13.3. The number of carboxylic acid groups (broad SMARTS) is 2. The number of para-hydroxylation sites is 4. The van der Waals surface area contributed by atoms with Gasteiger partial charge in [0.1, 0.15) is 0 Å². The maximum atomic E-state index is 11.7. The molecule has 240 valence electrons. The Morgan fingerprint density at radius 1 is 0.522 bits per heavy atom. The van der Waals surface area contributed by atoms with Gasteiger partial charge >= 0.3 is 23.9 Å². The van der Waals surface area contributed by atoms with Crippen LogP contribution in [0.4, 0.5) is 22.7 Å². The lowest BCUT2D eigenvalue weighted by Crippen LogP contribution is -2.15. The molecule has 0 atom stereocenters. The molecule has 0 saturated heterocycles. The van der Waals surface area contributed by atoms with Crippen LogP contribution in [0.5, 0.6) is 0 Å². The van der Waals surface area contributed by atoms with Gasteiger partial charge in [-0.25, -0.2) is 9.59 Å². The third-order valence-corrected chi connectivity index (χ3v) is 7.12. The van der Waals surface area contributed by atoms with Gasteiger partial charge in [0.05, 0.1) is 44.3 Å². The van der Waals surface area contributed by atoms with Crippen LogP contribution >= 0.6 is 46.4 Å². The minimum absolute atomic E-state index is 0.0709. The monoisotopic (exact) mass is 706 g/mol. The van der Waals surface area contributed by atoms with Gasteiger partial charge in [0, 0.05) is 11.4 Å². The van der Waals surface area contributed by atoms with Crippen molar-refractivity contribution in [3.63, 3.8) is 0 Å². The molecule has 0 aliphatic carbocycles. The van der Waals surface area contributed by atoms with Crippen LogP contribution in [0.3, 0.4) is 0 Å². The van der Waals surface area contributed by atoms with E-state index in [9.17, 15) is 19.2 Å². The van der Waals surface area contributed by atoms with Crippen LogP contribution in [0.2, 0.25) is 20.1 Å². The van der Waals surface area contributed by atoms with Crippen LogP contribution in [-0.4, -0.2) is 47.3 Å². The van der Waals surface area contributed by atoms with Crippen molar-refractivity contribution in [2.45, 2.75) is 12.8 Å². The predicted octanol–water partition coefficient (Wildman–Crippen LogP) is 7.81. The van der Waals surface area contributed by atoms with Gasteiger partial charge in [-0.1, -0.05) is 94.9 Å². The van der Waals surface area contributed by atoms with E-state index >= 15 is 0 Å². The van der Waals surface area contributed by atoms with Crippen molar-refractivity contribution in [3.8, 4) is 0 Å². The lowest BCUT2D eigenvalue weighted by Gasteiger charge is -2.14. The largest absolute Gasteiger partial charge is 0.479 e. The molecule has 0 amide bonds. The summed E-state index contributed by atoms with van der Waals surface area (Å²) in [4.78, 5) is 44.2. The van der Waals surface area contributed by atoms with Crippen molar-refractivity contribution in [3.05, 3.63) is 116 Å². The Balaban J connectivity index is 0.000000250. The van der Waals surface area contributed by atoms with Gasteiger partial charge in [-0.3, -0.25) is 9.59 Å². The average Bonchev–Trinajstić information content (AvgIpc) is 3.01. The first-order chi connectivity index (χ1) is 21.9. The molecule has 0 aromatic heterocycles. The van der Waals surface area contributed by atoms with Crippen LogP contribution in [-0.2, 0) is 41.5 Å². The highest BCUT2D eigenvalue weighted by Gasteiger charge is 2.14. The number of aliphatic carboxylic acids is 2. The SMILES string of the molecule is O=C(O)COC(=O)Cc1ccccc1Nc1c(Cl)cccc1Cl.O=C(O)COC(=O)Cc1ccccc1Nc1c(Cl)cccc1Cl. The first kappa shape index (κ1) is 36.0. The van der Waals surface area contributed by atoms with E-state index in [1.54, 1.807) is 84.9 Å². The Labute approximate surface area is 283 Å². The normalized spacial score (nSPS) is 10.2. The van der Waals surface area contributed by atoms with Gasteiger partial charge in [0.15, 0.2) is 13.2 Å². The van der Waals surface area contributed by atoms with E-state index < -0.39 is 37.1 Å². The molecule has 0 heterocycles. The van der Waals surface area contributed by atoms with Crippen molar-refractivity contribution in [1.82, 2.24) is 0 Å². The second kappa shape index (κ2) is 17.9. The molecule has 0 unspecified atom stereocenters. The molecule has 46 heavy (non-hydrogen) atoms. The lowest BCUT2D eigenvalue weighted by molar-refractivity contribution is -0.154. The standard InChI is InChI=1S/2C16H13Cl2NO4/c2*17-11-5-3-6-12(18)16(11)19-13-7-2-1-4-10(13)8-15(22)23-9-14(20)21/h2*1-7,19H,8-9H2,(H,20,21). The van der Waals surface area contributed by atoms with Gasteiger partial charge in [-0.05, 0) is 47.5 Å². The smallest absolute Gasteiger partial charge is 0.341 e. The highest BCUT2D eigenvalue weighted by atomic mass is 35.5. The summed E-state index contributed by atoms with van der Waals surface area (Å²) in [6.45, 7) is -1.32. The quantitative estimate of drug-likeness (QED) is 0.107. The summed E-state index contributed by atoms with van der Waals surface area (Å²) in [5.41, 5.74) is 3.60. The van der Waals surface area contributed by atoms with Gasteiger partial charge in [-0.2, -0.15) is 0 Å². The predicted molar refractivity (Wildman–Crippen MR) is 177 cm³/mol. The van der Waals surface area contributed by atoms with Crippen LogP contribution < -0.4 is 10.6 Å². The summed E-state index contributed by atoms with van der Waals surface area (Å²) in [6.07, 6.45) is -0.142. The maximum absolute atomic E-state index is 11.7. The van der Waals surface area contributed by atoms with E-state index in [0.29, 0.717) is 54.0 Å². The Morgan fingerprint density at radius 3 is 1.17 bits per heavy atom. The van der Waals surface area contributed by atoms with Crippen LogP contribution in [0, 0.1) is 0 Å². The van der Waals surface area contributed by atoms with Crippen molar-refractivity contribution in [2.24, 2.45) is 0 Å². The van der Waals surface area contributed by atoms with E-state index in [2.05, 4.69) is 20.1 Å². The molecule has 0 aliphatic heterocycles. The Hall–Kier alpha value is -4.48. The Kier molecular flexibility index (Phi) is 14.0. The second-order valence-electron chi connectivity index (χ2n) is 9.22. The summed E-state index contributed by atoms with van der Waals surface area (Å²) in [5, 5.41) is 25.0. The number of nitrogens with one attached hydrogen (secondary N) is 2. The van der Waals surface area contributed by atoms with E-state index in [1.165, 1.54) is 0 Å². The molecule has 0 spiro atoms. The third-order valence-electron chi connectivity index (χ3n) is 5.86. The second-order valence-corrected chi connectivity index (χ2v) is 10.8. The molecule has 10 nitrogen and oxygen atoms in total. The topological polar surface area (TPSA) is 151 Å². The third kappa shape index (κ3) is 11.5. The fourth-order valence-electron chi connectivity index (χ4n) is 3.79. The zero-order valence-corrected chi connectivity index (χ0v) is 26.8. The van der Waals surface area contributed by atoms with Crippen molar-refractivity contribution in [1.29, 1.82) is 0 Å². The van der Waals surface area contributed by atoms with E-state index in [1.807, 2.05) is 0 Å². The van der Waals surface area contributed by atoms with Crippen molar-refractivity contribution >= 4 is 93.0 Å². The number of halogens is 4. The minimum Gasteiger partial charge on any atom is -0.479 e. The molecular weight excluding hydrogens is 682 g/mol.